The third kappa shape index (κ3) is 0.438. The van der Waals surface area contributed by atoms with Crippen LogP contribution in [0.4, 0.5) is 0 Å². The summed E-state index contributed by atoms with van der Waals surface area (Å²) in [6, 6.07) is 0. The minimum absolute atomic E-state index is 0.167. The lowest BCUT2D eigenvalue weighted by atomic mass is 10.2. The maximum atomic E-state index is 8.93. The van der Waals surface area contributed by atoms with Gasteiger partial charge in [-0.3, -0.25) is 0 Å². The van der Waals surface area contributed by atoms with Crippen molar-refractivity contribution in [2.24, 2.45) is 5.92 Å². The molecule has 0 amide bonds. The van der Waals surface area contributed by atoms with Crippen molar-refractivity contribution in [2.45, 2.75) is 24.9 Å². The molecule has 0 spiro atoms. The Bertz CT molecular complexity index is 112. The largest absolute Gasteiger partial charge is 0.387 e. The highest BCUT2D eigenvalue weighted by Gasteiger charge is 2.54. The molecule has 46 valence electrons. The maximum absolute atomic E-state index is 8.93. The van der Waals surface area contributed by atoms with Gasteiger partial charge in [-0.1, -0.05) is 0 Å². The summed E-state index contributed by atoms with van der Waals surface area (Å²) in [5, 5.41) is 17.7. The van der Waals surface area contributed by atoms with Gasteiger partial charge in [0.05, 0.1) is 6.10 Å². The van der Waals surface area contributed by atoms with Crippen molar-refractivity contribution in [2.75, 3.05) is 0 Å². The van der Waals surface area contributed by atoms with E-state index in [2.05, 4.69) is 0 Å². The number of aliphatic hydroxyl groups is 2. The highest BCUT2D eigenvalue weighted by atomic mass is 16.6. The molecular weight excluding hydrogens is 108 g/mol. The van der Waals surface area contributed by atoms with Crippen LogP contribution in [0.3, 0.4) is 0 Å². The summed E-state index contributed by atoms with van der Waals surface area (Å²) in [4.78, 5) is 0. The molecule has 4 unspecified atom stereocenters. The SMILES string of the molecule is OC1OC2CC2C1O. The van der Waals surface area contributed by atoms with Gasteiger partial charge in [-0.15, -0.1) is 0 Å². The Morgan fingerprint density at radius 2 is 2.12 bits per heavy atom. The minimum Gasteiger partial charge on any atom is -0.387 e. The first-order valence-electron chi connectivity index (χ1n) is 2.80. The molecule has 1 aliphatic heterocycles. The summed E-state index contributed by atoms with van der Waals surface area (Å²) in [6.45, 7) is 0. The van der Waals surface area contributed by atoms with Gasteiger partial charge in [0.2, 0.25) is 0 Å². The van der Waals surface area contributed by atoms with Crippen LogP contribution in [0.1, 0.15) is 6.42 Å². The van der Waals surface area contributed by atoms with Crippen molar-refractivity contribution >= 4 is 0 Å². The Morgan fingerprint density at radius 3 is 2.38 bits per heavy atom. The number of hydrogen-bond donors (Lipinski definition) is 2. The van der Waals surface area contributed by atoms with Crippen LogP contribution in [0.25, 0.3) is 0 Å². The van der Waals surface area contributed by atoms with Crippen LogP contribution >= 0.6 is 0 Å². The van der Waals surface area contributed by atoms with E-state index in [1.807, 2.05) is 0 Å². The fourth-order valence-electron chi connectivity index (χ4n) is 1.18. The quantitative estimate of drug-likeness (QED) is 0.430. The van der Waals surface area contributed by atoms with E-state index in [0.29, 0.717) is 0 Å². The molecule has 2 fully saturated rings. The average Bonchev–Trinajstić information content (AvgIpc) is 2.39. The topological polar surface area (TPSA) is 49.7 Å². The van der Waals surface area contributed by atoms with Crippen molar-refractivity contribution < 1.29 is 14.9 Å². The molecule has 2 aliphatic rings. The van der Waals surface area contributed by atoms with E-state index < -0.39 is 12.4 Å². The van der Waals surface area contributed by atoms with Crippen LogP contribution in [0, 0.1) is 5.92 Å². The highest BCUT2D eigenvalue weighted by molar-refractivity contribution is 4.99. The Morgan fingerprint density at radius 1 is 1.38 bits per heavy atom. The van der Waals surface area contributed by atoms with E-state index in [9.17, 15) is 0 Å². The standard InChI is InChI=1S/C5H8O3/c6-4-2-1-3(2)8-5(4)7/h2-7H,1H2. The lowest BCUT2D eigenvalue weighted by molar-refractivity contribution is -0.132. The van der Waals surface area contributed by atoms with Crippen LogP contribution in [0.2, 0.25) is 0 Å². The summed E-state index contributed by atoms with van der Waals surface area (Å²) in [6.07, 6.45) is -0.420. The highest BCUT2D eigenvalue weighted by Crippen LogP contribution is 2.44. The smallest absolute Gasteiger partial charge is 0.181 e. The van der Waals surface area contributed by atoms with Crippen LogP contribution in [-0.2, 0) is 4.74 Å². The molecule has 0 radical (unpaired) electrons. The Hall–Kier alpha value is -0.120. The van der Waals surface area contributed by atoms with E-state index >= 15 is 0 Å². The van der Waals surface area contributed by atoms with Crippen LogP contribution < -0.4 is 0 Å². The normalized spacial score (nSPS) is 60.8. The second kappa shape index (κ2) is 1.23. The second-order valence-corrected chi connectivity index (χ2v) is 2.46. The number of ether oxygens (including phenoxy) is 1. The van der Waals surface area contributed by atoms with Crippen LogP contribution in [0.5, 0.6) is 0 Å². The third-order valence-electron chi connectivity index (χ3n) is 1.82. The number of hydrogen-bond acceptors (Lipinski definition) is 3. The van der Waals surface area contributed by atoms with Gasteiger partial charge in [0, 0.05) is 5.92 Å². The zero-order valence-electron chi connectivity index (χ0n) is 4.32. The predicted molar refractivity (Wildman–Crippen MR) is 25.0 cm³/mol. The van der Waals surface area contributed by atoms with Crippen LogP contribution in [0.15, 0.2) is 0 Å². The van der Waals surface area contributed by atoms with Gasteiger partial charge in [-0.25, -0.2) is 0 Å². The minimum atomic E-state index is -0.904. The van der Waals surface area contributed by atoms with Crippen molar-refractivity contribution in [1.29, 1.82) is 0 Å². The molecule has 1 heterocycles. The van der Waals surface area contributed by atoms with E-state index in [1.54, 1.807) is 0 Å². The van der Waals surface area contributed by atoms with Gasteiger partial charge in [0.1, 0.15) is 6.10 Å². The number of rotatable bonds is 0. The Kier molecular flexibility index (Phi) is 0.730. The molecule has 0 bridgehead atoms. The van der Waals surface area contributed by atoms with Gasteiger partial charge in [-0.2, -0.15) is 0 Å². The molecule has 4 atom stereocenters. The van der Waals surface area contributed by atoms with E-state index in [4.69, 9.17) is 14.9 Å². The first kappa shape index (κ1) is 4.73. The molecule has 3 nitrogen and oxygen atoms in total. The van der Waals surface area contributed by atoms with E-state index in [0.717, 1.165) is 6.42 Å². The van der Waals surface area contributed by atoms with Crippen LogP contribution in [-0.4, -0.2) is 28.7 Å². The molecule has 0 aromatic carbocycles. The zero-order chi connectivity index (χ0) is 5.72. The first-order chi connectivity index (χ1) is 3.79. The summed E-state index contributed by atoms with van der Waals surface area (Å²) >= 11 is 0. The third-order valence-corrected chi connectivity index (χ3v) is 1.82. The summed E-state index contributed by atoms with van der Waals surface area (Å²) in [7, 11) is 0. The fourth-order valence-corrected chi connectivity index (χ4v) is 1.18. The molecule has 2 N–H and O–H groups in total. The Labute approximate surface area is 46.9 Å². The molecule has 1 saturated carbocycles. The second-order valence-electron chi connectivity index (χ2n) is 2.46. The zero-order valence-corrected chi connectivity index (χ0v) is 4.32. The summed E-state index contributed by atoms with van der Waals surface area (Å²) in [5.41, 5.74) is 0. The average molecular weight is 116 g/mol. The van der Waals surface area contributed by atoms with Gasteiger partial charge >= 0.3 is 0 Å². The molecular formula is C5H8O3. The van der Waals surface area contributed by atoms with Gasteiger partial charge in [0.15, 0.2) is 6.29 Å². The molecule has 1 aliphatic carbocycles. The molecule has 3 heteroatoms. The lowest BCUT2D eigenvalue weighted by Crippen LogP contribution is -2.23. The molecule has 2 rings (SSSR count). The fraction of sp³-hybridized carbons (Fsp3) is 1.00. The number of aliphatic hydroxyl groups excluding tert-OH is 2. The van der Waals surface area contributed by atoms with Gasteiger partial charge in [0.25, 0.3) is 0 Å². The first-order valence-corrected chi connectivity index (χ1v) is 2.80. The monoisotopic (exact) mass is 116 g/mol. The Balaban J connectivity index is 2.08. The van der Waals surface area contributed by atoms with Crippen molar-refractivity contribution in [3.63, 3.8) is 0 Å². The maximum Gasteiger partial charge on any atom is 0.181 e. The summed E-state index contributed by atoms with van der Waals surface area (Å²) in [5.74, 6) is 0.241. The molecule has 0 aromatic heterocycles. The summed E-state index contributed by atoms with van der Waals surface area (Å²) < 4.78 is 4.85. The van der Waals surface area contributed by atoms with E-state index in [-0.39, 0.29) is 12.0 Å². The molecule has 8 heavy (non-hydrogen) atoms. The molecule has 1 saturated heterocycles. The van der Waals surface area contributed by atoms with E-state index in [1.165, 1.54) is 0 Å². The number of fused-ring (bicyclic) bond motifs is 1. The van der Waals surface area contributed by atoms with Crippen molar-refractivity contribution in [3.8, 4) is 0 Å². The predicted octanol–water partition coefficient (Wildman–Crippen LogP) is -0.916. The van der Waals surface area contributed by atoms with Gasteiger partial charge in [-0.05, 0) is 6.42 Å². The lowest BCUT2D eigenvalue weighted by Gasteiger charge is -2.08. The van der Waals surface area contributed by atoms with Crippen molar-refractivity contribution in [1.82, 2.24) is 0 Å². The molecule has 0 aromatic rings. The van der Waals surface area contributed by atoms with Crippen molar-refractivity contribution in [3.05, 3.63) is 0 Å². The van der Waals surface area contributed by atoms with Gasteiger partial charge < -0.3 is 14.9 Å².